The van der Waals surface area contributed by atoms with Crippen LogP contribution >= 0.6 is 0 Å². The average molecular weight is 128 g/mol. The lowest BCUT2D eigenvalue weighted by molar-refractivity contribution is 0.380. The van der Waals surface area contributed by atoms with E-state index in [0.29, 0.717) is 5.76 Å². The van der Waals surface area contributed by atoms with Gasteiger partial charge in [0.1, 0.15) is 0 Å². The first-order chi connectivity index (χ1) is 4.31. The Balaban J connectivity index is 3.25. The van der Waals surface area contributed by atoms with E-state index >= 15 is 0 Å². The van der Waals surface area contributed by atoms with Gasteiger partial charge in [0, 0.05) is 6.42 Å². The molecule has 0 aromatic heterocycles. The van der Waals surface area contributed by atoms with Gasteiger partial charge in [0.05, 0.1) is 5.76 Å². The van der Waals surface area contributed by atoms with Crippen molar-refractivity contribution in [2.45, 2.75) is 39.5 Å². The third kappa shape index (κ3) is 5.41. The monoisotopic (exact) mass is 128 g/mol. The molecule has 0 saturated heterocycles. The molecule has 0 heterocycles. The summed E-state index contributed by atoms with van der Waals surface area (Å²) in [4.78, 5) is 0. The molecule has 0 amide bonds. The molecule has 0 fully saturated rings. The molecule has 0 atom stereocenters. The predicted octanol–water partition coefficient (Wildman–Crippen LogP) is 3.03. The van der Waals surface area contributed by atoms with Crippen LogP contribution in [0.2, 0.25) is 0 Å². The molecule has 1 nitrogen and oxygen atoms in total. The lowest BCUT2D eigenvalue weighted by Gasteiger charge is -1.95. The van der Waals surface area contributed by atoms with Crippen molar-refractivity contribution in [1.82, 2.24) is 0 Å². The molecule has 0 radical (unpaired) electrons. The summed E-state index contributed by atoms with van der Waals surface area (Å²) < 4.78 is 0. The number of rotatable bonds is 4. The zero-order valence-electron chi connectivity index (χ0n) is 6.35. The second kappa shape index (κ2) is 5.67. The van der Waals surface area contributed by atoms with Crippen molar-refractivity contribution in [2.24, 2.45) is 0 Å². The van der Waals surface area contributed by atoms with Gasteiger partial charge in [0.25, 0.3) is 0 Å². The van der Waals surface area contributed by atoms with E-state index in [9.17, 15) is 0 Å². The normalized spacial score (nSPS) is 12.0. The Kier molecular flexibility index (Phi) is 5.38. The molecule has 9 heavy (non-hydrogen) atoms. The minimum atomic E-state index is 0.555. The fourth-order valence-corrected chi connectivity index (χ4v) is 0.696. The summed E-state index contributed by atoms with van der Waals surface area (Å²) in [6.45, 7) is 4.15. The molecule has 1 heteroatoms. The van der Waals surface area contributed by atoms with Crippen LogP contribution in [-0.4, -0.2) is 5.11 Å². The molecule has 0 spiro atoms. The van der Waals surface area contributed by atoms with E-state index in [0.717, 1.165) is 25.7 Å². The summed E-state index contributed by atoms with van der Waals surface area (Å²) in [7, 11) is 0. The molecular weight excluding hydrogens is 112 g/mol. The van der Waals surface area contributed by atoms with Crippen molar-refractivity contribution >= 4 is 0 Å². The largest absolute Gasteiger partial charge is 0.513 e. The van der Waals surface area contributed by atoms with Crippen LogP contribution in [-0.2, 0) is 0 Å². The van der Waals surface area contributed by atoms with Crippen LogP contribution in [0.5, 0.6) is 0 Å². The number of hydrogen-bond donors (Lipinski definition) is 1. The van der Waals surface area contributed by atoms with Gasteiger partial charge in [0.15, 0.2) is 0 Å². The molecule has 0 saturated carbocycles. The van der Waals surface area contributed by atoms with Gasteiger partial charge in [-0.1, -0.05) is 20.3 Å². The Bertz CT molecular complexity index is 84.6. The first kappa shape index (κ1) is 8.54. The van der Waals surface area contributed by atoms with Crippen molar-refractivity contribution in [2.75, 3.05) is 0 Å². The number of allylic oxidation sites excluding steroid dienone is 2. The van der Waals surface area contributed by atoms with Crippen LogP contribution in [0.4, 0.5) is 0 Å². The lowest BCUT2D eigenvalue weighted by atomic mass is 10.2. The van der Waals surface area contributed by atoms with Crippen LogP contribution in [0.3, 0.4) is 0 Å². The first-order valence-corrected chi connectivity index (χ1v) is 3.69. The number of unbranched alkanes of at least 4 members (excludes halogenated alkanes) is 1. The number of aliphatic hydroxyl groups excluding tert-OH is 1. The van der Waals surface area contributed by atoms with E-state index in [4.69, 9.17) is 5.11 Å². The summed E-state index contributed by atoms with van der Waals surface area (Å²) in [5.74, 6) is 0.555. The molecule has 0 rings (SSSR count). The molecule has 0 aliphatic carbocycles. The highest BCUT2D eigenvalue weighted by Crippen LogP contribution is 2.03. The van der Waals surface area contributed by atoms with Gasteiger partial charge >= 0.3 is 0 Å². The first-order valence-electron chi connectivity index (χ1n) is 3.69. The van der Waals surface area contributed by atoms with Crippen LogP contribution in [0.15, 0.2) is 11.8 Å². The van der Waals surface area contributed by atoms with Crippen LogP contribution < -0.4 is 0 Å². The van der Waals surface area contributed by atoms with Crippen molar-refractivity contribution < 1.29 is 5.11 Å². The molecule has 0 aliphatic heterocycles. The maximum Gasteiger partial charge on any atom is 0.0882 e. The van der Waals surface area contributed by atoms with Crippen LogP contribution in [0.1, 0.15) is 39.5 Å². The lowest BCUT2D eigenvalue weighted by Crippen LogP contribution is -1.79. The Morgan fingerprint density at radius 3 is 2.56 bits per heavy atom. The molecule has 1 N–H and O–H groups in total. The summed E-state index contributed by atoms with van der Waals surface area (Å²) in [6.07, 6.45) is 5.92. The predicted molar refractivity (Wildman–Crippen MR) is 40.5 cm³/mol. The minimum absolute atomic E-state index is 0.555. The fraction of sp³-hybridized carbons (Fsp3) is 0.750. The van der Waals surface area contributed by atoms with E-state index < -0.39 is 0 Å². The summed E-state index contributed by atoms with van der Waals surface area (Å²) >= 11 is 0. The van der Waals surface area contributed by atoms with E-state index in [1.165, 1.54) is 0 Å². The van der Waals surface area contributed by atoms with E-state index in [2.05, 4.69) is 6.92 Å². The summed E-state index contributed by atoms with van der Waals surface area (Å²) in [5.41, 5.74) is 0. The fourth-order valence-electron chi connectivity index (χ4n) is 0.696. The maximum atomic E-state index is 9.04. The van der Waals surface area contributed by atoms with Gasteiger partial charge in [-0.3, -0.25) is 0 Å². The maximum absolute atomic E-state index is 9.04. The Morgan fingerprint density at radius 2 is 2.11 bits per heavy atom. The Hall–Kier alpha value is -0.460. The molecule has 0 aromatic rings. The van der Waals surface area contributed by atoms with Crippen molar-refractivity contribution in [1.29, 1.82) is 0 Å². The molecule has 54 valence electrons. The van der Waals surface area contributed by atoms with Gasteiger partial charge in [-0.05, 0) is 18.9 Å². The van der Waals surface area contributed by atoms with Crippen molar-refractivity contribution in [3.8, 4) is 0 Å². The molecule has 0 unspecified atom stereocenters. The SMILES string of the molecule is CCC=C(O)CCCC. The Morgan fingerprint density at radius 1 is 1.44 bits per heavy atom. The van der Waals surface area contributed by atoms with E-state index in [1.807, 2.05) is 13.0 Å². The highest BCUT2D eigenvalue weighted by molar-refractivity contribution is 4.89. The third-order valence-corrected chi connectivity index (χ3v) is 1.23. The van der Waals surface area contributed by atoms with Crippen LogP contribution in [0.25, 0.3) is 0 Å². The molecular formula is C8H16O. The average Bonchev–Trinajstić information content (AvgIpc) is 1.85. The smallest absolute Gasteiger partial charge is 0.0882 e. The highest BCUT2D eigenvalue weighted by Gasteiger charge is 1.88. The number of hydrogen-bond acceptors (Lipinski definition) is 1. The van der Waals surface area contributed by atoms with Gasteiger partial charge in [0.2, 0.25) is 0 Å². The zero-order valence-corrected chi connectivity index (χ0v) is 6.35. The summed E-state index contributed by atoms with van der Waals surface area (Å²) in [5, 5.41) is 9.04. The van der Waals surface area contributed by atoms with Gasteiger partial charge in [-0.25, -0.2) is 0 Å². The minimum Gasteiger partial charge on any atom is -0.513 e. The van der Waals surface area contributed by atoms with E-state index in [-0.39, 0.29) is 0 Å². The van der Waals surface area contributed by atoms with Crippen molar-refractivity contribution in [3.63, 3.8) is 0 Å². The van der Waals surface area contributed by atoms with Gasteiger partial charge < -0.3 is 5.11 Å². The third-order valence-electron chi connectivity index (χ3n) is 1.23. The van der Waals surface area contributed by atoms with Gasteiger partial charge in [-0.2, -0.15) is 0 Å². The zero-order chi connectivity index (χ0) is 7.11. The van der Waals surface area contributed by atoms with Crippen LogP contribution in [0, 0.1) is 0 Å². The molecule has 0 bridgehead atoms. The quantitative estimate of drug-likeness (QED) is 0.577. The Labute approximate surface area is 57.4 Å². The molecule has 0 aliphatic rings. The topological polar surface area (TPSA) is 20.2 Å². The molecule has 0 aromatic carbocycles. The summed E-state index contributed by atoms with van der Waals surface area (Å²) in [6, 6.07) is 0. The van der Waals surface area contributed by atoms with Crippen molar-refractivity contribution in [3.05, 3.63) is 11.8 Å². The number of aliphatic hydroxyl groups is 1. The highest BCUT2D eigenvalue weighted by atomic mass is 16.3. The second-order valence-corrected chi connectivity index (χ2v) is 2.21. The van der Waals surface area contributed by atoms with Gasteiger partial charge in [-0.15, -0.1) is 0 Å². The van der Waals surface area contributed by atoms with E-state index in [1.54, 1.807) is 0 Å². The standard InChI is InChI=1S/C8H16O/c1-3-5-7-8(9)6-4-2/h6,9H,3-5,7H2,1-2H3. The second-order valence-electron chi connectivity index (χ2n) is 2.21.